The molecule has 0 aliphatic carbocycles. The SMILES string of the molecule is O=C(O)c1ccc2c(c1O)c1c(n2Cc2ccccc2)CN(c2ccccc2)CC1. The van der Waals surface area contributed by atoms with E-state index in [-0.39, 0.29) is 11.3 Å². The summed E-state index contributed by atoms with van der Waals surface area (Å²) in [5.74, 6) is -1.24. The van der Waals surface area contributed by atoms with E-state index in [1.807, 2.05) is 42.5 Å². The lowest BCUT2D eigenvalue weighted by Crippen LogP contribution is -2.31. The van der Waals surface area contributed by atoms with Crippen molar-refractivity contribution in [1.82, 2.24) is 4.57 Å². The summed E-state index contributed by atoms with van der Waals surface area (Å²) in [6, 6.07) is 23.8. The van der Waals surface area contributed by atoms with Gasteiger partial charge in [-0.1, -0.05) is 48.5 Å². The molecule has 0 amide bonds. The zero-order valence-electron chi connectivity index (χ0n) is 16.5. The zero-order valence-corrected chi connectivity index (χ0v) is 16.5. The first-order valence-corrected chi connectivity index (χ1v) is 10.1. The zero-order chi connectivity index (χ0) is 20.7. The van der Waals surface area contributed by atoms with Gasteiger partial charge in [0.05, 0.1) is 12.1 Å². The van der Waals surface area contributed by atoms with E-state index in [2.05, 4.69) is 33.7 Å². The number of rotatable bonds is 4. The molecule has 5 rings (SSSR count). The predicted octanol–water partition coefficient (Wildman–Crippen LogP) is 4.66. The maximum atomic E-state index is 11.6. The summed E-state index contributed by atoms with van der Waals surface area (Å²) in [5, 5.41) is 21.0. The van der Waals surface area contributed by atoms with Crippen molar-refractivity contribution in [2.75, 3.05) is 11.4 Å². The molecule has 150 valence electrons. The number of para-hydroxylation sites is 1. The van der Waals surface area contributed by atoms with E-state index in [4.69, 9.17) is 0 Å². The maximum Gasteiger partial charge on any atom is 0.339 e. The average Bonchev–Trinajstić information content (AvgIpc) is 3.09. The largest absolute Gasteiger partial charge is 0.506 e. The third kappa shape index (κ3) is 2.99. The van der Waals surface area contributed by atoms with Crippen molar-refractivity contribution in [3.05, 3.63) is 95.2 Å². The second-order valence-corrected chi connectivity index (χ2v) is 7.67. The number of aromatic carboxylic acids is 1. The van der Waals surface area contributed by atoms with Crippen LogP contribution in [0.1, 0.15) is 27.2 Å². The van der Waals surface area contributed by atoms with Gasteiger partial charge in [-0.05, 0) is 41.8 Å². The minimum atomic E-state index is -1.11. The molecular formula is C25H22N2O3. The van der Waals surface area contributed by atoms with Crippen molar-refractivity contribution in [3.8, 4) is 5.75 Å². The molecular weight excluding hydrogens is 376 g/mol. The number of phenols is 1. The van der Waals surface area contributed by atoms with Gasteiger partial charge in [0.1, 0.15) is 11.3 Å². The average molecular weight is 398 g/mol. The number of aromatic hydroxyl groups is 1. The van der Waals surface area contributed by atoms with Crippen LogP contribution in [-0.2, 0) is 19.5 Å². The molecule has 5 heteroatoms. The lowest BCUT2D eigenvalue weighted by molar-refractivity contribution is 0.0694. The summed E-state index contributed by atoms with van der Waals surface area (Å²) >= 11 is 0. The van der Waals surface area contributed by atoms with E-state index < -0.39 is 5.97 Å². The van der Waals surface area contributed by atoms with Crippen LogP contribution in [0.2, 0.25) is 0 Å². The van der Waals surface area contributed by atoms with E-state index >= 15 is 0 Å². The Kier molecular flexibility index (Phi) is 4.43. The van der Waals surface area contributed by atoms with Gasteiger partial charge in [0.2, 0.25) is 0 Å². The van der Waals surface area contributed by atoms with Crippen LogP contribution in [0.3, 0.4) is 0 Å². The topological polar surface area (TPSA) is 65.7 Å². The normalized spacial score (nSPS) is 13.4. The van der Waals surface area contributed by atoms with Gasteiger partial charge in [0.25, 0.3) is 0 Å². The van der Waals surface area contributed by atoms with Gasteiger partial charge in [-0.15, -0.1) is 0 Å². The first-order valence-electron chi connectivity index (χ1n) is 10.1. The number of carbonyl (C=O) groups is 1. The molecule has 3 aromatic carbocycles. The Morgan fingerprint density at radius 3 is 2.33 bits per heavy atom. The molecule has 0 bridgehead atoms. The Hall–Kier alpha value is -3.73. The highest BCUT2D eigenvalue weighted by molar-refractivity contribution is 6.01. The molecule has 5 nitrogen and oxygen atoms in total. The van der Waals surface area contributed by atoms with E-state index in [1.54, 1.807) is 0 Å². The van der Waals surface area contributed by atoms with E-state index in [1.165, 1.54) is 6.07 Å². The minimum absolute atomic E-state index is 0.0485. The van der Waals surface area contributed by atoms with Gasteiger partial charge in [-0.25, -0.2) is 4.79 Å². The minimum Gasteiger partial charge on any atom is -0.506 e. The summed E-state index contributed by atoms with van der Waals surface area (Å²) < 4.78 is 2.22. The Morgan fingerprint density at radius 2 is 1.63 bits per heavy atom. The number of hydrogen-bond donors (Lipinski definition) is 2. The summed E-state index contributed by atoms with van der Waals surface area (Å²) in [4.78, 5) is 13.9. The molecule has 1 aliphatic heterocycles. The van der Waals surface area contributed by atoms with Crippen molar-refractivity contribution in [2.45, 2.75) is 19.5 Å². The summed E-state index contributed by atoms with van der Waals surface area (Å²) in [6.07, 6.45) is 0.749. The molecule has 30 heavy (non-hydrogen) atoms. The van der Waals surface area contributed by atoms with Gasteiger partial charge < -0.3 is 19.7 Å². The van der Waals surface area contributed by atoms with Gasteiger partial charge in [0, 0.05) is 29.9 Å². The van der Waals surface area contributed by atoms with Crippen molar-refractivity contribution in [1.29, 1.82) is 0 Å². The summed E-state index contributed by atoms with van der Waals surface area (Å²) in [6.45, 7) is 2.20. The molecule has 0 unspecified atom stereocenters. The summed E-state index contributed by atoms with van der Waals surface area (Å²) in [5.41, 5.74) is 5.33. The fourth-order valence-electron chi connectivity index (χ4n) is 4.49. The molecule has 1 aromatic heterocycles. The lowest BCUT2D eigenvalue weighted by atomic mass is 10.0. The molecule has 0 fully saturated rings. The Labute approximate surface area is 174 Å². The van der Waals surface area contributed by atoms with Crippen LogP contribution in [0.4, 0.5) is 5.69 Å². The molecule has 1 aliphatic rings. The van der Waals surface area contributed by atoms with Crippen molar-refractivity contribution < 1.29 is 15.0 Å². The van der Waals surface area contributed by atoms with Gasteiger partial charge >= 0.3 is 5.97 Å². The first kappa shape index (κ1) is 18.3. The van der Waals surface area contributed by atoms with Crippen LogP contribution in [0.5, 0.6) is 5.75 Å². The Morgan fingerprint density at radius 1 is 0.933 bits per heavy atom. The Bertz CT molecular complexity index is 1230. The first-order chi connectivity index (χ1) is 14.6. The molecule has 4 aromatic rings. The predicted molar refractivity (Wildman–Crippen MR) is 117 cm³/mol. The van der Waals surface area contributed by atoms with Crippen LogP contribution in [0.15, 0.2) is 72.8 Å². The Balaban J connectivity index is 1.69. The fourth-order valence-corrected chi connectivity index (χ4v) is 4.49. The van der Waals surface area contributed by atoms with E-state index in [0.29, 0.717) is 18.5 Å². The van der Waals surface area contributed by atoms with E-state index in [0.717, 1.165) is 41.0 Å². The second-order valence-electron chi connectivity index (χ2n) is 7.67. The van der Waals surface area contributed by atoms with Crippen LogP contribution >= 0.6 is 0 Å². The quantitative estimate of drug-likeness (QED) is 0.525. The van der Waals surface area contributed by atoms with Gasteiger partial charge in [0.15, 0.2) is 0 Å². The van der Waals surface area contributed by atoms with Crippen LogP contribution in [-0.4, -0.2) is 27.3 Å². The molecule has 0 saturated heterocycles. The number of carboxylic acids is 1. The highest BCUT2D eigenvalue weighted by Gasteiger charge is 2.27. The number of aromatic nitrogens is 1. The second kappa shape index (κ2) is 7.26. The van der Waals surface area contributed by atoms with Crippen LogP contribution in [0.25, 0.3) is 10.9 Å². The molecule has 2 N–H and O–H groups in total. The third-order valence-corrected chi connectivity index (χ3v) is 5.93. The van der Waals surface area contributed by atoms with Crippen molar-refractivity contribution in [3.63, 3.8) is 0 Å². The number of anilines is 1. The van der Waals surface area contributed by atoms with Gasteiger partial charge in [-0.2, -0.15) is 0 Å². The number of hydrogen-bond acceptors (Lipinski definition) is 3. The standard InChI is InChI=1S/C25H22N2O3/c28-24-20(25(29)30)11-12-21-23(24)19-13-14-26(18-9-5-2-6-10-18)16-22(19)27(21)15-17-7-3-1-4-8-17/h1-12,28H,13-16H2,(H,29,30). The number of fused-ring (bicyclic) bond motifs is 3. The molecule has 0 atom stereocenters. The van der Waals surface area contributed by atoms with Crippen LogP contribution in [0, 0.1) is 0 Å². The summed E-state index contributed by atoms with van der Waals surface area (Å²) in [7, 11) is 0. The van der Waals surface area contributed by atoms with Crippen molar-refractivity contribution >= 4 is 22.6 Å². The fraction of sp³-hybridized carbons (Fsp3) is 0.160. The molecule has 2 heterocycles. The number of nitrogens with zero attached hydrogens (tertiary/aromatic N) is 2. The smallest absolute Gasteiger partial charge is 0.339 e. The lowest BCUT2D eigenvalue weighted by Gasteiger charge is -2.30. The monoisotopic (exact) mass is 398 g/mol. The maximum absolute atomic E-state index is 11.6. The van der Waals surface area contributed by atoms with Crippen LogP contribution < -0.4 is 4.90 Å². The molecule has 0 saturated carbocycles. The van der Waals surface area contributed by atoms with Gasteiger partial charge in [-0.3, -0.25) is 0 Å². The highest BCUT2D eigenvalue weighted by Crippen LogP contribution is 2.39. The third-order valence-electron chi connectivity index (χ3n) is 5.93. The number of benzene rings is 3. The van der Waals surface area contributed by atoms with Crippen molar-refractivity contribution in [2.24, 2.45) is 0 Å². The highest BCUT2D eigenvalue weighted by atomic mass is 16.4. The van der Waals surface area contributed by atoms with E-state index in [9.17, 15) is 15.0 Å². The molecule has 0 spiro atoms. The molecule has 0 radical (unpaired) electrons. The number of carboxylic acid groups (broad SMARTS) is 1.